The van der Waals surface area contributed by atoms with Gasteiger partial charge in [-0.3, -0.25) is 4.79 Å². The van der Waals surface area contributed by atoms with Gasteiger partial charge in [0, 0.05) is 18.5 Å². The van der Waals surface area contributed by atoms with Gasteiger partial charge in [-0.15, -0.1) is 21.8 Å². The first-order valence-corrected chi connectivity index (χ1v) is 4.40. The van der Waals surface area contributed by atoms with Crippen molar-refractivity contribution in [1.29, 1.82) is 0 Å². The van der Waals surface area contributed by atoms with Crippen molar-refractivity contribution < 1.29 is 4.42 Å². The van der Waals surface area contributed by atoms with E-state index in [4.69, 9.17) is 16.0 Å². The van der Waals surface area contributed by atoms with Crippen LogP contribution in [0.15, 0.2) is 27.7 Å². The standard InChI is InChI=1S/C8H6ClN3O2/c9-3-7-11-12-8(14-7)5-4-10-2-1-6(5)13/h1-2,4H,3H2,(H,10,13). The highest BCUT2D eigenvalue weighted by Gasteiger charge is 2.10. The zero-order valence-electron chi connectivity index (χ0n) is 7.03. The lowest BCUT2D eigenvalue weighted by atomic mass is 10.3. The third-order valence-electron chi connectivity index (χ3n) is 1.64. The van der Waals surface area contributed by atoms with Gasteiger partial charge in [-0.2, -0.15) is 0 Å². The molecule has 72 valence electrons. The van der Waals surface area contributed by atoms with Gasteiger partial charge >= 0.3 is 0 Å². The molecule has 2 aromatic heterocycles. The van der Waals surface area contributed by atoms with E-state index in [1.165, 1.54) is 18.5 Å². The normalized spacial score (nSPS) is 10.4. The Kier molecular flexibility index (Phi) is 2.32. The molecule has 0 radical (unpaired) electrons. The number of nitrogens with one attached hydrogen (secondary N) is 1. The third-order valence-corrected chi connectivity index (χ3v) is 1.86. The molecule has 0 bridgehead atoms. The number of halogens is 1. The second-order valence-corrected chi connectivity index (χ2v) is 2.82. The van der Waals surface area contributed by atoms with E-state index in [1.807, 2.05) is 0 Å². The highest BCUT2D eigenvalue weighted by Crippen LogP contribution is 2.12. The van der Waals surface area contributed by atoms with Gasteiger partial charge in [-0.25, -0.2) is 0 Å². The van der Waals surface area contributed by atoms with Crippen LogP contribution in [0, 0.1) is 0 Å². The number of pyridine rings is 1. The van der Waals surface area contributed by atoms with E-state index < -0.39 is 0 Å². The van der Waals surface area contributed by atoms with Gasteiger partial charge in [0.1, 0.15) is 11.4 Å². The molecule has 0 saturated heterocycles. The second-order valence-electron chi connectivity index (χ2n) is 2.56. The van der Waals surface area contributed by atoms with E-state index in [2.05, 4.69) is 15.2 Å². The molecule has 0 atom stereocenters. The van der Waals surface area contributed by atoms with Crippen molar-refractivity contribution in [2.75, 3.05) is 0 Å². The number of hydrogen-bond donors (Lipinski definition) is 1. The minimum atomic E-state index is -0.173. The van der Waals surface area contributed by atoms with Crippen LogP contribution in [-0.4, -0.2) is 15.2 Å². The first-order valence-electron chi connectivity index (χ1n) is 3.87. The summed E-state index contributed by atoms with van der Waals surface area (Å²) in [6.45, 7) is 0. The number of hydrogen-bond acceptors (Lipinski definition) is 4. The summed E-state index contributed by atoms with van der Waals surface area (Å²) in [5.74, 6) is 0.616. The van der Waals surface area contributed by atoms with Crippen molar-refractivity contribution in [3.63, 3.8) is 0 Å². The number of alkyl halides is 1. The molecule has 14 heavy (non-hydrogen) atoms. The monoisotopic (exact) mass is 211 g/mol. The van der Waals surface area contributed by atoms with Crippen LogP contribution in [0.1, 0.15) is 5.89 Å². The summed E-state index contributed by atoms with van der Waals surface area (Å²) in [6.07, 6.45) is 3.04. The molecule has 2 rings (SSSR count). The summed E-state index contributed by atoms with van der Waals surface area (Å²) >= 11 is 5.49. The van der Waals surface area contributed by atoms with E-state index >= 15 is 0 Å². The first-order chi connectivity index (χ1) is 6.81. The lowest BCUT2D eigenvalue weighted by molar-refractivity contribution is 0.526. The Morgan fingerprint density at radius 3 is 3.00 bits per heavy atom. The van der Waals surface area contributed by atoms with Crippen molar-refractivity contribution in [1.82, 2.24) is 15.2 Å². The van der Waals surface area contributed by atoms with E-state index in [0.29, 0.717) is 11.5 Å². The van der Waals surface area contributed by atoms with Crippen LogP contribution in [0.25, 0.3) is 11.5 Å². The Morgan fingerprint density at radius 1 is 1.50 bits per heavy atom. The second kappa shape index (κ2) is 3.63. The maximum Gasteiger partial charge on any atom is 0.253 e. The Morgan fingerprint density at radius 2 is 2.36 bits per heavy atom. The molecule has 0 aliphatic heterocycles. The highest BCUT2D eigenvalue weighted by atomic mass is 35.5. The van der Waals surface area contributed by atoms with Gasteiger partial charge < -0.3 is 9.40 Å². The predicted octanol–water partition coefficient (Wildman–Crippen LogP) is 1.16. The van der Waals surface area contributed by atoms with Gasteiger partial charge in [-0.1, -0.05) is 0 Å². The Bertz CT molecular complexity index is 491. The molecule has 2 heterocycles. The fourth-order valence-corrected chi connectivity index (χ4v) is 1.11. The minimum absolute atomic E-state index is 0.137. The molecule has 0 aromatic carbocycles. The zero-order valence-corrected chi connectivity index (χ0v) is 7.78. The molecular formula is C8H6ClN3O2. The molecule has 5 nitrogen and oxygen atoms in total. The summed E-state index contributed by atoms with van der Waals surface area (Å²) in [5, 5.41) is 7.35. The first kappa shape index (κ1) is 8.96. The Hall–Kier alpha value is -1.62. The van der Waals surface area contributed by atoms with Crippen LogP contribution in [-0.2, 0) is 5.88 Å². The summed E-state index contributed by atoms with van der Waals surface area (Å²) in [5.41, 5.74) is 0.171. The quantitative estimate of drug-likeness (QED) is 0.757. The number of H-pyrrole nitrogens is 1. The molecule has 1 N–H and O–H groups in total. The van der Waals surface area contributed by atoms with E-state index in [-0.39, 0.29) is 17.2 Å². The summed E-state index contributed by atoms with van der Waals surface area (Å²) < 4.78 is 5.13. The van der Waals surface area contributed by atoms with Crippen LogP contribution in [0.3, 0.4) is 0 Å². The average Bonchev–Trinajstić information content (AvgIpc) is 2.67. The molecule has 2 aromatic rings. The van der Waals surface area contributed by atoms with Gasteiger partial charge in [-0.05, 0) is 0 Å². The summed E-state index contributed by atoms with van der Waals surface area (Å²) in [7, 11) is 0. The fraction of sp³-hybridized carbons (Fsp3) is 0.125. The molecule has 0 unspecified atom stereocenters. The maximum absolute atomic E-state index is 11.3. The van der Waals surface area contributed by atoms with Crippen molar-refractivity contribution in [2.45, 2.75) is 5.88 Å². The molecule has 0 aliphatic rings. The lowest BCUT2D eigenvalue weighted by Crippen LogP contribution is -2.02. The van der Waals surface area contributed by atoms with E-state index in [0.717, 1.165) is 0 Å². The molecule has 0 amide bonds. The SMILES string of the molecule is O=c1cc[nH]cc1-c1nnc(CCl)o1. The predicted molar refractivity (Wildman–Crippen MR) is 49.9 cm³/mol. The number of nitrogens with zero attached hydrogens (tertiary/aromatic N) is 2. The van der Waals surface area contributed by atoms with Crippen LogP contribution < -0.4 is 5.43 Å². The molecule has 0 spiro atoms. The lowest BCUT2D eigenvalue weighted by Gasteiger charge is -1.90. The molecular weight excluding hydrogens is 206 g/mol. The van der Waals surface area contributed by atoms with Crippen molar-refractivity contribution in [3.8, 4) is 11.5 Å². The number of aromatic amines is 1. The van der Waals surface area contributed by atoms with Crippen molar-refractivity contribution in [3.05, 3.63) is 34.6 Å². The maximum atomic E-state index is 11.3. The van der Waals surface area contributed by atoms with Crippen LogP contribution in [0.2, 0.25) is 0 Å². The van der Waals surface area contributed by atoms with Gasteiger partial charge in [0.05, 0.1) is 0 Å². The van der Waals surface area contributed by atoms with Crippen molar-refractivity contribution in [2.24, 2.45) is 0 Å². The fourth-order valence-electron chi connectivity index (χ4n) is 1.000. The minimum Gasteiger partial charge on any atom is -0.419 e. The number of aromatic nitrogens is 3. The molecule has 0 aliphatic carbocycles. The molecule has 6 heteroatoms. The summed E-state index contributed by atoms with van der Waals surface area (Å²) in [4.78, 5) is 14.1. The molecule has 0 fully saturated rings. The Labute approximate surface area is 83.7 Å². The molecule has 0 saturated carbocycles. The summed E-state index contributed by atoms with van der Waals surface area (Å²) in [6, 6.07) is 1.39. The van der Waals surface area contributed by atoms with Crippen LogP contribution in [0.4, 0.5) is 0 Å². The van der Waals surface area contributed by atoms with E-state index in [1.54, 1.807) is 0 Å². The van der Waals surface area contributed by atoms with Crippen molar-refractivity contribution >= 4 is 11.6 Å². The van der Waals surface area contributed by atoms with Crippen LogP contribution >= 0.6 is 11.6 Å². The van der Waals surface area contributed by atoms with E-state index in [9.17, 15) is 4.79 Å². The van der Waals surface area contributed by atoms with Gasteiger partial charge in [0.2, 0.25) is 5.89 Å². The largest absolute Gasteiger partial charge is 0.419 e. The third kappa shape index (κ3) is 1.54. The Balaban J connectivity index is 2.50. The average molecular weight is 212 g/mol. The van der Waals surface area contributed by atoms with Crippen LogP contribution in [0.5, 0.6) is 0 Å². The topological polar surface area (TPSA) is 71.8 Å². The van der Waals surface area contributed by atoms with Gasteiger partial charge in [0.25, 0.3) is 5.89 Å². The smallest absolute Gasteiger partial charge is 0.253 e. The number of rotatable bonds is 2. The van der Waals surface area contributed by atoms with Gasteiger partial charge in [0.15, 0.2) is 5.43 Å². The zero-order chi connectivity index (χ0) is 9.97. The highest BCUT2D eigenvalue weighted by molar-refractivity contribution is 6.16.